The quantitative estimate of drug-likeness (QED) is 0.626. The van der Waals surface area contributed by atoms with Crippen LogP contribution in [-0.4, -0.2) is 38.8 Å². The zero-order valence-corrected chi connectivity index (χ0v) is 18.3. The fraction of sp³-hybridized carbons (Fsp3) is 0.409. The molecule has 0 spiro atoms. The number of carbonyl (C=O) groups is 1. The minimum absolute atomic E-state index is 0.129. The molecule has 2 aromatic carbocycles. The van der Waals surface area contributed by atoms with Gasteiger partial charge in [-0.3, -0.25) is 4.79 Å². The molecule has 29 heavy (non-hydrogen) atoms. The first-order valence-electron chi connectivity index (χ1n) is 9.92. The largest absolute Gasteiger partial charge is 0.495 e. The monoisotopic (exact) mass is 418 g/mol. The lowest BCUT2D eigenvalue weighted by Crippen LogP contribution is -2.30. The molecule has 0 saturated heterocycles. The van der Waals surface area contributed by atoms with Crippen LogP contribution in [0, 0.1) is 0 Å². The predicted molar refractivity (Wildman–Crippen MR) is 116 cm³/mol. The first-order valence-corrected chi connectivity index (χ1v) is 11.4. The number of anilines is 1. The highest BCUT2D eigenvalue weighted by Gasteiger charge is 2.25. The Kier molecular flexibility index (Phi) is 8.22. The maximum absolute atomic E-state index is 13.1. The Morgan fingerprint density at radius 1 is 1.07 bits per heavy atom. The molecule has 0 bridgehead atoms. The van der Waals surface area contributed by atoms with Crippen molar-refractivity contribution in [3.63, 3.8) is 0 Å². The Morgan fingerprint density at radius 3 is 2.28 bits per heavy atom. The summed E-state index contributed by atoms with van der Waals surface area (Å²) in [4.78, 5) is 13.2. The van der Waals surface area contributed by atoms with E-state index in [0.717, 1.165) is 12.0 Å². The fourth-order valence-electron chi connectivity index (χ4n) is 3.30. The Hall–Kier alpha value is -2.38. The molecule has 0 radical (unpaired) electrons. The van der Waals surface area contributed by atoms with Gasteiger partial charge in [0.05, 0.1) is 23.6 Å². The van der Waals surface area contributed by atoms with E-state index >= 15 is 0 Å². The minimum atomic E-state index is -3.64. The summed E-state index contributed by atoms with van der Waals surface area (Å²) >= 11 is 0. The Morgan fingerprint density at radius 2 is 1.72 bits per heavy atom. The maximum atomic E-state index is 13.1. The lowest BCUT2D eigenvalue weighted by Gasteiger charge is -2.21. The van der Waals surface area contributed by atoms with Crippen molar-refractivity contribution in [1.82, 2.24) is 4.31 Å². The number of carbonyl (C=O) groups excluding carboxylic acids is 1. The predicted octanol–water partition coefficient (Wildman–Crippen LogP) is 4.25. The van der Waals surface area contributed by atoms with Gasteiger partial charge in [0.2, 0.25) is 15.9 Å². The van der Waals surface area contributed by atoms with Crippen LogP contribution in [0.4, 0.5) is 5.69 Å². The summed E-state index contributed by atoms with van der Waals surface area (Å²) in [5.41, 5.74) is 1.28. The van der Waals surface area contributed by atoms with Crippen LogP contribution in [0.2, 0.25) is 0 Å². The third-order valence-corrected chi connectivity index (χ3v) is 6.91. The molecule has 1 N–H and O–H groups in total. The first-order chi connectivity index (χ1) is 13.9. The van der Waals surface area contributed by atoms with Crippen molar-refractivity contribution >= 4 is 21.6 Å². The summed E-state index contributed by atoms with van der Waals surface area (Å²) in [6.07, 6.45) is 1.54. The van der Waals surface area contributed by atoms with Crippen molar-refractivity contribution in [2.45, 2.75) is 44.4 Å². The van der Waals surface area contributed by atoms with Crippen LogP contribution < -0.4 is 10.1 Å². The van der Waals surface area contributed by atoms with E-state index in [0.29, 0.717) is 30.9 Å². The number of nitrogens with one attached hydrogen (secondary N) is 1. The second-order valence-electron chi connectivity index (χ2n) is 6.69. The summed E-state index contributed by atoms with van der Waals surface area (Å²) < 4.78 is 32.5. The van der Waals surface area contributed by atoms with Gasteiger partial charge in [-0.2, -0.15) is 4.31 Å². The molecule has 7 heteroatoms. The Bertz CT molecular complexity index is 910. The molecular weight excluding hydrogens is 388 g/mol. The number of methoxy groups -OCH3 is 1. The minimum Gasteiger partial charge on any atom is -0.495 e. The summed E-state index contributed by atoms with van der Waals surface area (Å²) in [5.74, 6) is -0.0946. The number of hydrogen-bond acceptors (Lipinski definition) is 4. The van der Waals surface area contributed by atoms with Crippen molar-refractivity contribution in [2.24, 2.45) is 0 Å². The van der Waals surface area contributed by atoms with Crippen LogP contribution in [0.25, 0.3) is 0 Å². The van der Waals surface area contributed by atoms with E-state index in [1.54, 1.807) is 19.9 Å². The van der Waals surface area contributed by atoms with Crippen LogP contribution in [0.1, 0.15) is 45.1 Å². The number of hydrogen-bond donors (Lipinski definition) is 1. The molecule has 0 aliphatic heterocycles. The zero-order valence-electron chi connectivity index (χ0n) is 17.5. The number of nitrogens with zero attached hydrogens (tertiary/aromatic N) is 1. The van der Waals surface area contributed by atoms with Crippen molar-refractivity contribution < 1.29 is 17.9 Å². The SMILES string of the molecule is CCC[C@@H](C(=O)Nc1cc(S(=O)(=O)N(CC)CC)ccc1OC)c1ccccc1. The molecule has 158 valence electrons. The number of rotatable bonds is 10. The molecule has 0 aromatic heterocycles. The van der Waals surface area contributed by atoms with Gasteiger partial charge in [0.1, 0.15) is 5.75 Å². The van der Waals surface area contributed by atoms with Gasteiger partial charge in [-0.1, -0.05) is 57.5 Å². The molecule has 1 amide bonds. The number of sulfonamides is 1. The van der Waals surface area contributed by atoms with Crippen LogP contribution in [0.5, 0.6) is 5.75 Å². The fourth-order valence-corrected chi connectivity index (χ4v) is 4.79. The van der Waals surface area contributed by atoms with E-state index in [1.165, 1.54) is 23.5 Å². The van der Waals surface area contributed by atoms with Gasteiger partial charge in [-0.25, -0.2) is 8.42 Å². The molecule has 0 fully saturated rings. The number of benzene rings is 2. The van der Waals surface area contributed by atoms with Gasteiger partial charge in [0.25, 0.3) is 0 Å². The highest BCUT2D eigenvalue weighted by Crippen LogP contribution is 2.31. The molecule has 0 heterocycles. The van der Waals surface area contributed by atoms with E-state index in [4.69, 9.17) is 4.74 Å². The summed E-state index contributed by atoms with van der Waals surface area (Å²) in [6.45, 7) is 6.37. The third kappa shape index (κ3) is 5.36. The van der Waals surface area contributed by atoms with E-state index in [9.17, 15) is 13.2 Å². The van der Waals surface area contributed by atoms with Crippen LogP contribution >= 0.6 is 0 Å². The van der Waals surface area contributed by atoms with Crippen molar-refractivity contribution in [2.75, 3.05) is 25.5 Å². The molecule has 0 aliphatic rings. The molecule has 6 nitrogen and oxygen atoms in total. The van der Waals surface area contributed by atoms with E-state index in [-0.39, 0.29) is 16.7 Å². The maximum Gasteiger partial charge on any atom is 0.243 e. The summed E-state index contributed by atoms with van der Waals surface area (Å²) in [5, 5.41) is 2.89. The van der Waals surface area contributed by atoms with Gasteiger partial charge < -0.3 is 10.1 Å². The van der Waals surface area contributed by atoms with Crippen LogP contribution in [-0.2, 0) is 14.8 Å². The molecule has 0 saturated carbocycles. The molecule has 2 rings (SSSR count). The lowest BCUT2D eigenvalue weighted by molar-refractivity contribution is -0.117. The number of amides is 1. The van der Waals surface area contributed by atoms with Gasteiger partial charge in [0, 0.05) is 13.1 Å². The van der Waals surface area contributed by atoms with E-state index in [2.05, 4.69) is 5.32 Å². The molecule has 2 aromatic rings. The molecule has 1 atom stereocenters. The van der Waals surface area contributed by atoms with E-state index in [1.807, 2.05) is 37.3 Å². The molecular formula is C22H30N2O4S. The molecule has 0 aliphatic carbocycles. The van der Waals surface area contributed by atoms with Gasteiger partial charge in [0.15, 0.2) is 0 Å². The average Bonchev–Trinajstić information content (AvgIpc) is 2.73. The second-order valence-corrected chi connectivity index (χ2v) is 8.63. The van der Waals surface area contributed by atoms with Gasteiger partial charge in [-0.05, 0) is 30.2 Å². The zero-order chi connectivity index (χ0) is 21.4. The average molecular weight is 419 g/mol. The summed E-state index contributed by atoms with van der Waals surface area (Å²) in [6, 6.07) is 14.1. The highest BCUT2D eigenvalue weighted by atomic mass is 32.2. The van der Waals surface area contributed by atoms with Crippen LogP contribution in [0.3, 0.4) is 0 Å². The summed E-state index contributed by atoms with van der Waals surface area (Å²) in [7, 11) is -2.15. The normalized spacial score (nSPS) is 12.6. The van der Waals surface area contributed by atoms with Crippen LogP contribution in [0.15, 0.2) is 53.4 Å². The lowest BCUT2D eigenvalue weighted by atomic mass is 9.93. The standard InChI is InChI=1S/C22H30N2O4S/c1-5-11-19(17-12-9-8-10-13-17)22(25)23-20-16-18(14-15-21(20)28-4)29(26,27)24(6-2)7-3/h8-10,12-16,19H,5-7,11H2,1-4H3,(H,23,25)/t19-/m1/s1. The second kappa shape index (κ2) is 10.4. The van der Waals surface area contributed by atoms with Gasteiger partial charge in [-0.15, -0.1) is 0 Å². The first kappa shape index (κ1) is 22.9. The molecule has 0 unspecified atom stereocenters. The van der Waals surface area contributed by atoms with Crippen molar-refractivity contribution in [1.29, 1.82) is 0 Å². The topological polar surface area (TPSA) is 75.7 Å². The third-order valence-electron chi connectivity index (χ3n) is 4.87. The number of ether oxygens (including phenoxy) is 1. The van der Waals surface area contributed by atoms with Crippen molar-refractivity contribution in [3.05, 3.63) is 54.1 Å². The van der Waals surface area contributed by atoms with Crippen molar-refractivity contribution in [3.8, 4) is 5.75 Å². The highest BCUT2D eigenvalue weighted by molar-refractivity contribution is 7.89. The Labute approximate surface area is 173 Å². The smallest absolute Gasteiger partial charge is 0.243 e. The Balaban J connectivity index is 2.39. The van der Waals surface area contributed by atoms with E-state index < -0.39 is 10.0 Å². The van der Waals surface area contributed by atoms with Gasteiger partial charge >= 0.3 is 0 Å².